The maximum Gasteiger partial charge on any atom is 0.108 e. The molecule has 0 radical (unpaired) electrons. The first-order valence-corrected chi connectivity index (χ1v) is 18.2. The largest absolute Gasteiger partial charge is 0.309 e. The minimum Gasteiger partial charge on any atom is -0.309 e. The van der Waals surface area contributed by atoms with E-state index in [2.05, 4.69) is 209 Å². The van der Waals surface area contributed by atoms with E-state index < -0.39 is 5.41 Å². The second-order valence-electron chi connectivity index (χ2n) is 13.9. The molecule has 10 aromatic rings. The molecule has 1 unspecified atom stereocenters. The fraction of sp³-hybridized carbons (Fsp3) is 0.0196. The predicted molar refractivity (Wildman–Crippen MR) is 220 cm³/mol. The van der Waals surface area contributed by atoms with Crippen molar-refractivity contribution in [3.8, 4) is 34.3 Å². The van der Waals surface area contributed by atoms with Crippen LogP contribution >= 0.6 is 0 Å². The van der Waals surface area contributed by atoms with Gasteiger partial charge in [-0.05, 0) is 82.4 Å². The van der Waals surface area contributed by atoms with Gasteiger partial charge in [-0.15, -0.1) is 0 Å². The Labute approximate surface area is 307 Å². The molecule has 0 saturated heterocycles. The lowest BCUT2D eigenvalue weighted by atomic mass is 9.73. The zero-order valence-corrected chi connectivity index (χ0v) is 28.9. The van der Waals surface area contributed by atoms with Gasteiger partial charge >= 0.3 is 0 Å². The van der Waals surface area contributed by atoms with Gasteiger partial charge in [0.05, 0.1) is 22.1 Å². The lowest BCUT2D eigenvalue weighted by molar-refractivity contribution is 0.835. The molecule has 2 aromatic heterocycles. The molecule has 0 fully saturated rings. The lowest BCUT2D eigenvalue weighted by Gasteiger charge is -2.28. The molecule has 0 aliphatic heterocycles. The molecule has 0 saturated carbocycles. The lowest BCUT2D eigenvalue weighted by Crippen LogP contribution is -2.25. The van der Waals surface area contributed by atoms with E-state index in [1.807, 2.05) is 6.07 Å². The van der Waals surface area contributed by atoms with Crippen LogP contribution in [-0.4, -0.2) is 9.13 Å². The van der Waals surface area contributed by atoms with Crippen LogP contribution in [-0.2, 0) is 5.41 Å². The van der Waals surface area contributed by atoms with Crippen LogP contribution in [0, 0.1) is 11.8 Å². The van der Waals surface area contributed by atoms with Crippen LogP contribution in [0.2, 0.25) is 0 Å². The van der Waals surface area contributed by atoms with Crippen molar-refractivity contribution in [2.75, 3.05) is 0 Å². The number of hydrogen-bond acceptors (Lipinski definition) is 0. The van der Waals surface area contributed by atoms with Crippen LogP contribution in [0.1, 0.15) is 22.3 Å². The van der Waals surface area contributed by atoms with Crippen molar-refractivity contribution in [1.29, 1.82) is 0 Å². The van der Waals surface area contributed by atoms with Crippen LogP contribution in [0.5, 0.6) is 0 Å². The summed E-state index contributed by atoms with van der Waals surface area (Å²) in [5, 5.41) is 4.99. The molecule has 2 heteroatoms. The van der Waals surface area contributed by atoms with Gasteiger partial charge in [0.2, 0.25) is 0 Å². The molecular formula is C51H32N2. The van der Waals surface area contributed by atoms with E-state index in [1.54, 1.807) is 0 Å². The Morgan fingerprint density at radius 1 is 0.396 bits per heavy atom. The Morgan fingerprint density at radius 3 is 1.81 bits per heavy atom. The SMILES string of the molecule is C(#CC1(c2ccccc2)c2ccccc2-c2ccc(-n3c4ccccc4c4c3ccc3c5ccccc5n(-c5ccccc5)c34)cc21)c1ccccc1. The number of rotatable bonds is 3. The first-order valence-electron chi connectivity index (χ1n) is 18.2. The summed E-state index contributed by atoms with van der Waals surface area (Å²) >= 11 is 0. The van der Waals surface area contributed by atoms with Gasteiger partial charge in [0.1, 0.15) is 5.41 Å². The van der Waals surface area contributed by atoms with Crippen molar-refractivity contribution >= 4 is 43.6 Å². The third-order valence-electron chi connectivity index (χ3n) is 11.1. The summed E-state index contributed by atoms with van der Waals surface area (Å²) in [7, 11) is 0. The second-order valence-corrected chi connectivity index (χ2v) is 13.9. The van der Waals surface area contributed by atoms with Crippen molar-refractivity contribution in [1.82, 2.24) is 9.13 Å². The molecule has 8 aromatic carbocycles. The highest BCUT2D eigenvalue weighted by Gasteiger charge is 2.44. The predicted octanol–water partition coefficient (Wildman–Crippen LogP) is 12.2. The molecule has 2 heterocycles. The minimum atomic E-state index is -0.662. The molecule has 2 nitrogen and oxygen atoms in total. The molecule has 11 rings (SSSR count). The molecule has 53 heavy (non-hydrogen) atoms. The second kappa shape index (κ2) is 11.5. The quantitative estimate of drug-likeness (QED) is 0.165. The van der Waals surface area contributed by atoms with Gasteiger partial charge in [0.25, 0.3) is 0 Å². The summed E-state index contributed by atoms with van der Waals surface area (Å²) < 4.78 is 4.91. The molecule has 0 spiro atoms. The first-order chi connectivity index (χ1) is 26.3. The van der Waals surface area contributed by atoms with E-state index in [0.29, 0.717) is 0 Å². The van der Waals surface area contributed by atoms with E-state index in [9.17, 15) is 0 Å². The molecular weight excluding hydrogens is 641 g/mol. The fourth-order valence-electron chi connectivity index (χ4n) is 8.93. The van der Waals surface area contributed by atoms with Crippen molar-refractivity contribution in [2.45, 2.75) is 5.41 Å². The van der Waals surface area contributed by atoms with Crippen molar-refractivity contribution in [3.63, 3.8) is 0 Å². The van der Waals surface area contributed by atoms with Gasteiger partial charge < -0.3 is 9.13 Å². The molecule has 1 atom stereocenters. The van der Waals surface area contributed by atoms with Gasteiger partial charge in [-0.25, -0.2) is 0 Å². The highest BCUT2D eigenvalue weighted by atomic mass is 15.0. The van der Waals surface area contributed by atoms with E-state index in [4.69, 9.17) is 0 Å². The topological polar surface area (TPSA) is 9.86 Å². The van der Waals surface area contributed by atoms with E-state index in [1.165, 1.54) is 71.4 Å². The number of benzene rings is 8. The average Bonchev–Trinajstić information content (AvgIpc) is 3.85. The van der Waals surface area contributed by atoms with Crippen LogP contribution in [0.15, 0.2) is 194 Å². The number of fused-ring (bicyclic) bond motifs is 10. The Bertz CT molecular complexity index is 3100. The van der Waals surface area contributed by atoms with Crippen molar-refractivity contribution in [2.24, 2.45) is 0 Å². The monoisotopic (exact) mass is 672 g/mol. The van der Waals surface area contributed by atoms with Crippen LogP contribution in [0.3, 0.4) is 0 Å². The summed E-state index contributed by atoms with van der Waals surface area (Å²) in [6, 6.07) is 70.1. The van der Waals surface area contributed by atoms with Gasteiger partial charge in [-0.1, -0.05) is 151 Å². The molecule has 1 aliphatic carbocycles. The maximum absolute atomic E-state index is 3.89. The highest BCUT2D eigenvalue weighted by Crippen LogP contribution is 2.53. The summed E-state index contributed by atoms with van der Waals surface area (Å²) in [6.45, 7) is 0. The van der Waals surface area contributed by atoms with Gasteiger partial charge in [0.15, 0.2) is 0 Å². The first kappa shape index (κ1) is 29.6. The minimum absolute atomic E-state index is 0.662. The van der Waals surface area contributed by atoms with Crippen molar-refractivity contribution < 1.29 is 0 Å². The van der Waals surface area contributed by atoms with Gasteiger partial charge in [-0.2, -0.15) is 0 Å². The summed E-state index contributed by atoms with van der Waals surface area (Å²) in [4.78, 5) is 0. The number of nitrogens with zero attached hydrogens (tertiary/aromatic N) is 2. The van der Waals surface area contributed by atoms with E-state index in [-0.39, 0.29) is 0 Å². The molecule has 246 valence electrons. The summed E-state index contributed by atoms with van der Waals surface area (Å²) in [5.41, 5.74) is 13.5. The summed E-state index contributed by atoms with van der Waals surface area (Å²) in [5.74, 6) is 7.51. The Balaban J connectivity index is 1.24. The number of hydrogen-bond donors (Lipinski definition) is 0. The zero-order valence-electron chi connectivity index (χ0n) is 28.9. The smallest absolute Gasteiger partial charge is 0.108 e. The van der Waals surface area contributed by atoms with Gasteiger partial charge in [0, 0.05) is 38.5 Å². The Hall–Kier alpha value is -7.08. The highest BCUT2D eigenvalue weighted by molar-refractivity contribution is 6.26. The van der Waals surface area contributed by atoms with E-state index >= 15 is 0 Å². The van der Waals surface area contributed by atoms with Crippen LogP contribution in [0.25, 0.3) is 66.1 Å². The third kappa shape index (κ3) is 4.23. The molecule has 1 aliphatic rings. The van der Waals surface area contributed by atoms with E-state index in [0.717, 1.165) is 16.9 Å². The fourth-order valence-corrected chi connectivity index (χ4v) is 8.93. The molecule has 0 bridgehead atoms. The molecule has 0 amide bonds. The zero-order chi connectivity index (χ0) is 34.9. The Kier molecular flexibility index (Phi) is 6.41. The number of para-hydroxylation sites is 3. The standard InChI is InChI=1S/C51H32N2/c1-4-16-35(17-5-1)32-33-51(36-18-6-2-7-19-36)44-25-13-10-22-39(44)40-29-28-38(34-45(40)51)52-47-27-15-12-24-43(47)49-48(52)31-30-42-41-23-11-14-26-46(41)53(50(42)49)37-20-8-3-9-21-37/h1-31,34H. The number of aromatic nitrogens is 2. The van der Waals surface area contributed by atoms with Gasteiger partial charge in [-0.3, -0.25) is 0 Å². The van der Waals surface area contributed by atoms with Crippen molar-refractivity contribution in [3.05, 3.63) is 216 Å². The summed E-state index contributed by atoms with van der Waals surface area (Å²) in [6.07, 6.45) is 0. The normalized spacial score (nSPS) is 14.7. The average molecular weight is 673 g/mol. The molecule has 0 N–H and O–H groups in total. The third-order valence-corrected chi connectivity index (χ3v) is 11.1. The van der Waals surface area contributed by atoms with Crippen LogP contribution < -0.4 is 0 Å². The Morgan fingerprint density at radius 2 is 1.02 bits per heavy atom. The van der Waals surface area contributed by atoms with Crippen LogP contribution in [0.4, 0.5) is 0 Å². The maximum atomic E-state index is 3.89.